The summed E-state index contributed by atoms with van der Waals surface area (Å²) in [5.41, 5.74) is 2.42. The predicted octanol–water partition coefficient (Wildman–Crippen LogP) is 4.10. The minimum absolute atomic E-state index is 0.380. The first kappa shape index (κ1) is 14.8. The molecule has 2 aromatic rings. The SMILES string of the molecule is CCCNc1ccc(CNc2nc(C(C)C)ns2)cc1. The average Bonchev–Trinajstić information content (AvgIpc) is 2.93. The number of hydrogen-bond donors (Lipinski definition) is 2. The van der Waals surface area contributed by atoms with Crippen LogP contribution in [0.4, 0.5) is 10.8 Å². The molecule has 4 nitrogen and oxygen atoms in total. The summed E-state index contributed by atoms with van der Waals surface area (Å²) in [6, 6.07) is 8.50. The molecule has 0 amide bonds. The summed E-state index contributed by atoms with van der Waals surface area (Å²) < 4.78 is 4.33. The van der Waals surface area contributed by atoms with E-state index in [4.69, 9.17) is 0 Å². The van der Waals surface area contributed by atoms with Gasteiger partial charge in [-0.15, -0.1) is 0 Å². The molecule has 1 aromatic carbocycles. The second-order valence-electron chi connectivity index (χ2n) is 5.09. The Bertz CT molecular complexity index is 519. The third-order valence-corrected chi connectivity index (χ3v) is 3.62. The van der Waals surface area contributed by atoms with Crippen molar-refractivity contribution >= 4 is 22.4 Å². The fraction of sp³-hybridized carbons (Fsp3) is 0.467. The molecule has 0 aliphatic rings. The fourth-order valence-corrected chi connectivity index (χ4v) is 2.43. The zero-order valence-electron chi connectivity index (χ0n) is 12.3. The Labute approximate surface area is 124 Å². The molecule has 1 aromatic heterocycles. The lowest BCUT2D eigenvalue weighted by Gasteiger charge is -2.06. The lowest BCUT2D eigenvalue weighted by atomic mass is 10.2. The van der Waals surface area contributed by atoms with Gasteiger partial charge in [-0.05, 0) is 24.1 Å². The van der Waals surface area contributed by atoms with E-state index in [-0.39, 0.29) is 0 Å². The second kappa shape index (κ2) is 7.24. The lowest BCUT2D eigenvalue weighted by Crippen LogP contribution is -2.01. The van der Waals surface area contributed by atoms with E-state index in [2.05, 4.69) is 65.0 Å². The zero-order valence-corrected chi connectivity index (χ0v) is 13.1. The molecular weight excluding hydrogens is 268 g/mol. The van der Waals surface area contributed by atoms with Crippen LogP contribution in [0.15, 0.2) is 24.3 Å². The predicted molar refractivity (Wildman–Crippen MR) is 86.5 cm³/mol. The summed E-state index contributed by atoms with van der Waals surface area (Å²) in [5.74, 6) is 1.29. The Hall–Kier alpha value is -1.62. The van der Waals surface area contributed by atoms with Crippen molar-refractivity contribution in [1.29, 1.82) is 0 Å². The number of hydrogen-bond acceptors (Lipinski definition) is 5. The third kappa shape index (κ3) is 4.20. The van der Waals surface area contributed by atoms with Crippen molar-refractivity contribution < 1.29 is 0 Å². The maximum Gasteiger partial charge on any atom is 0.202 e. The summed E-state index contributed by atoms with van der Waals surface area (Å²) in [4.78, 5) is 4.47. The Kier molecular flexibility index (Phi) is 5.35. The van der Waals surface area contributed by atoms with Gasteiger partial charge in [0.05, 0.1) is 0 Å². The van der Waals surface area contributed by atoms with Crippen molar-refractivity contribution in [1.82, 2.24) is 9.36 Å². The van der Waals surface area contributed by atoms with Gasteiger partial charge in [0.25, 0.3) is 0 Å². The standard InChI is InChI=1S/C15H22N4S/c1-4-9-16-13-7-5-12(6-8-13)10-17-15-18-14(11(2)3)19-20-15/h5-8,11,16H,4,9-10H2,1-3H3,(H,17,18,19). The highest BCUT2D eigenvalue weighted by atomic mass is 32.1. The van der Waals surface area contributed by atoms with Crippen LogP contribution in [0.25, 0.3) is 0 Å². The van der Waals surface area contributed by atoms with E-state index in [0.29, 0.717) is 5.92 Å². The third-order valence-electron chi connectivity index (χ3n) is 2.93. The molecule has 0 fully saturated rings. The Morgan fingerprint density at radius 1 is 1.15 bits per heavy atom. The molecule has 0 aliphatic carbocycles. The number of nitrogens with zero attached hydrogens (tertiary/aromatic N) is 2. The number of benzene rings is 1. The molecule has 2 rings (SSSR count). The van der Waals surface area contributed by atoms with Crippen molar-refractivity contribution in [2.24, 2.45) is 0 Å². The maximum atomic E-state index is 4.47. The molecule has 0 bridgehead atoms. The van der Waals surface area contributed by atoms with Gasteiger partial charge in [-0.1, -0.05) is 32.9 Å². The molecule has 108 valence electrons. The average molecular weight is 290 g/mol. The van der Waals surface area contributed by atoms with Gasteiger partial charge in [-0.2, -0.15) is 4.37 Å². The van der Waals surface area contributed by atoms with Crippen LogP contribution in [0.1, 0.15) is 44.5 Å². The number of anilines is 2. The van der Waals surface area contributed by atoms with Gasteiger partial charge < -0.3 is 10.6 Å². The van der Waals surface area contributed by atoms with Gasteiger partial charge in [0.2, 0.25) is 5.13 Å². The van der Waals surface area contributed by atoms with Crippen LogP contribution in [0.3, 0.4) is 0 Å². The molecule has 0 atom stereocenters. The molecule has 0 aliphatic heterocycles. The molecule has 20 heavy (non-hydrogen) atoms. The highest BCUT2D eigenvalue weighted by molar-refractivity contribution is 7.09. The normalized spacial score (nSPS) is 10.8. The number of rotatable bonds is 7. The Morgan fingerprint density at radius 2 is 1.90 bits per heavy atom. The highest BCUT2D eigenvalue weighted by Gasteiger charge is 2.07. The van der Waals surface area contributed by atoms with Gasteiger partial charge in [0.15, 0.2) is 0 Å². The minimum Gasteiger partial charge on any atom is -0.385 e. The zero-order chi connectivity index (χ0) is 14.4. The first-order chi connectivity index (χ1) is 9.69. The van der Waals surface area contributed by atoms with Crippen molar-refractivity contribution in [2.45, 2.75) is 39.7 Å². The molecule has 0 radical (unpaired) electrons. The molecule has 0 saturated heterocycles. The highest BCUT2D eigenvalue weighted by Crippen LogP contribution is 2.18. The summed E-state index contributed by atoms with van der Waals surface area (Å²) in [7, 11) is 0. The first-order valence-electron chi connectivity index (χ1n) is 7.09. The second-order valence-corrected chi connectivity index (χ2v) is 5.84. The van der Waals surface area contributed by atoms with E-state index in [1.807, 2.05) is 0 Å². The van der Waals surface area contributed by atoms with Crippen LogP contribution in [-0.4, -0.2) is 15.9 Å². The van der Waals surface area contributed by atoms with E-state index in [9.17, 15) is 0 Å². The van der Waals surface area contributed by atoms with E-state index < -0.39 is 0 Å². The van der Waals surface area contributed by atoms with Crippen LogP contribution >= 0.6 is 11.5 Å². The quantitative estimate of drug-likeness (QED) is 0.806. The van der Waals surface area contributed by atoms with Crippen molar-refractivity contribution in [3.05, 3.63) is 35.7 Å². The fourth-order valence-electron chi connectivity index (χ4n) is 1.73. The largest absolute Gasteiger partial charge is 0.385 e. The number of nitrogens with one attached hydrogen (secondary N) is 2. The van der Waals surface area contributed by atoms with Crippen LogP contribution < -0.4 is 10.6 Å². The minimum atomic E-state index is 0.380. The summed E-state index contributed by atoms with van der Waals surface area (Å²) in [6.07, 6.45) is 1.14. The Morgan fingerprint density at radius 3 is 2.50 bits per heavy atom. The van der Waals surface area contributed by atoms with Crippen LogP contribution in [-0.2, 0) is 6.54 Å². The Balaban J connectivity index is 1.86. The summed E-state index contributed by atoms with van der Waals surface area (Å²) >= 11 is 1.43. The van der Waals surface area contributed by atoms with E-state index >= 15 is 0 Å². The van der Waals surface area contributed by atoms with Crippen molar-refractivity contribution in [3.8, 4) is 0 Å². The van der Waals surface area contributed by atoms with E-state index in [0.717, 1.165) is 30.5 Å². The molecule has 5 heteroatoms. The first-order valence-corrected chi connectivity index (χ1v) is 7.86. The smallest absolute Gasteiger partial charge is 0.202 e. The molecular formula is C15H22N4S. The summed E-state index contributed by atoms with van der Waals surface area (Å²) in [6.45, 7) is 8.17. The van der Waals surface area contributed by atoms with Gasteiger partial charge in [-0.25, -0.2) is 4.98 Å². The van der Waals surface area contributed by atoms with E-state index in [1.54, 1.807) is 0 Å². The van der Waals surface area contributed by atoms with Crippen LogP contribution in [0.5, 0.6) is 0 Å². The van der Waals surface area contributed by atoms with Crippen molar-refractivity contribution in [2.75, 3.05) is 17.2 Å². The molecule has 2 N–H and O–H groups in total. The van der Waals surface area contributed by atoms with Gasteiger partial charge in [-0.3, -0.25) is 0 Å². The lowest BCUT2D eigenvalue weighted by molar-refractivity contribution is 0.799. The molecule has 0 spiro atoms. The van der Waals surface area contributed by atoms with Gasteiger partial charge >= 0.3 is 0 Å². The summed E-state index contributed by atoms with van der Waals surface area (Å²) in [5, 5.41) is 7.58. The number of aromatic nitrogens is 2. The topological polar surface area (TPSA) is 49.8 Å². The van der Waals surface area contributed by atoms with Gasteiger partial charge in [0.1, 0.15) is 5.82 Å². The van der Waals surface area contributed by atoms with Crippen LogP contribution in [0, 0.1) is 0 Å². The monoisotopic (exact) mass is 290 g/mol. The van der Waals surface area contributed by atoms with Crippen LogP contribution in [0.2, 0.25) is 0 Å². The van der Waals surface area contributed by atoms with Crippen molar-refractivity contribution in [3.63, 3.8) is 0 Å². The molecule has 0 unspecified atom stereocenters. The van der Waals surface area contributed by atoms with Gasteiger partial charge in [0, 0.05) is 36.2 Å². The maximum absolute atomic E-state index is 4.47. The van der Waals surface area contributed by atoms with E-state index in [1.165, 1.54) is 22.8 Å². The molecule has 1 heterocycles. The molecule has 0 saturated carbocycles.